The summed E-state index contributed by atoms with van der Waals surface area (Å²) in [6.45, 7) is 1.50. The number of rotatable bonds is 7. The standard InChI is InChI=1S/C24H28N2O2S/c27-29(28,22-9-2-1-3-10-22)26-18-20-15-13-19(14-16-20)17-25-24-12-6-8-21-7-4-5-11-23(21)24/h1-12,19-20,25-26H,13-18H2. The zero-order valence-corrected chi connectivity index (χ0v) is 17.4. The fourth-order valence-corrected chi connectivity index (χ4v) is 5.32. The lowest BCUT2D eigenvalue weighted by atomic mass is 9.82. The third kappa shape index (κ3) is 4.98. The van der Waals surface area contributed by atoms with Crippen molar-refractivity contribution < 1.29 is 8.42 Å². The molecule has 0 bridgehead atoms. The van der Waals surface area contributed by atoms with Crippen molar-refractivity contribution in [3.8, 4) is 0 Å². The van der Waals surface area contributed by atoms with Crippen LogP contribution < -0.4 is 10.0 Å². The molecule has 0 heterocycles. The van der Waals surface area contributed by atoms with Crippen LogP contribution in [0.15, 0.2) is 77.7 Å². The summed E-state index contributed by atoms with van der Waals surface area (Å²) < 4.78 is 27.6. The van der Waals surface area contributed by atoms with Gasteiger partial charge in [0.2, 0.25) is 10.0 Å². The van der Waals surface area contributed by atoms with Gasteiger partial charge in [-0.25, -0.2) is 13.1 Å². The molecule has 5 heteroatoms. The molecule has 1 fully saturated rings. The first-order valence-corrected chi connectivity index (χ1v) is 11.9. The largest absolute Gasteiger partial charge is 0.384 e. The summed E-state index contributed by atoms with van der Waals surface area (Å²) in [4.78, 5) is 0.341. The minimum absolute atomic E-state index is 0.341. The molecule has 2 N–H and O–H groups in total. The van der Waals surface area contributed by atoms with Crippen molar-refractivity contribution in [2.24, 2.45) is 11.8 Å². The topological polar surface area (TPSA) is 58.2 Å². The van der Waals surface area contributed by atoms with E-state index in [0.717, 1.165) is 32.2 Å². The van der Waals surface area contributed by atoms with Gasteiger partial charge in [-0.2, -0.15) is 0 Å². The second-order valence-corrected chi connectivity index (χ2v) is 9.73. The third-order valence-electron chi connectivity index (χ3n) is 5.95. The number of hydrogen-bond donors (Lipinski definition) is 2. The van der Waals surface area contributed by atoms with Crippen LogP contribution in [0, 0.1) is 11.8 Å². The maximum atomic E-state index is 12.4. The van der Waals surface area contributed by atoms with E-state index in [4.69, 9.17) is 0 Å². The molecule has 0 spiro atoms. The highest BCUT2D eigenvalue weighted by Gasteiger charge is 2.23. The Labute approximate surface area is 173 Å². The van der Waals surface area contributed by atoms with Crippen LogP contribution in [0.2, 0.25) is 0 Å². The number of hydrogen-bond acceptors (Lipinski definition) is 3. The zero-order chi connectivity index (χ0) is 20.1. The predicted octanol–water partition coefficient (Wildman–Crippen LogP) is 5.04. The van der Waals surface area contributed by atoms with Crippen LogP contribution >= 0.6 is 0 Å². The number of fused-ring (bicyclic) bond motifs is 1. The van der Waals surface area contributed by atoms with Gasteiger partial charge in [0.25, 0.3) is 0 Å². The molecular weight excluding hydrogens is 380 g/mol. The number of benzene rings is 3. The van der Waals surface area contributed by atoms with Gasteiger partial charge in [0, 0.05) is 24.2 Å². The van der Waals surface area contributed by atoms with E-state index in [9.17, 15) is 8.42 Å². The second-order valence-electron chi connectivity index (χ2n) is 7.96. The molecule has 152 valence electrons. The lowest BCUT2D eigenvalue weighted by molar-refractivity contribution is 0.284. The monoisotopic (exact) mass is 408 g/mol. The van der Waals surface area contributed by atoms with Crippen molar-refractivity contribution in [2.75, 3.05) is 18.4 Å². The van der Waals surface area contributed by atoms with Crippen molar-refractivity contribution in [2.45, 2.75) is 30.6 Å². The van der Waals surface area contributed by atoms with Crippen LogP contribution in [0.4, 0.5) is 5.69 Å². The Hall–Kier alpha value is -2.37. The van der Waals surface area contributed by atoms with Crippen LogP contribution in [0.1, 0.15) is 25.7 Å². The highest BCUT2D eigenvalue weighted by Crippen LogP contribution is 2.30. The molecule has 0 aliphatic heterocycles. The molecule has 0 radical (unpaired) electrons. The van der Waals surface area contributed by atoms with Gasteiger partial charge in [-0.15, -0.1) is 0 Å². The molecule has 1 aliphatic rings. The predicted molar refractivity (Wildman–Crippen MR) is 120 cm³/mol. The normalized spacial score (nSPS) is 19.9. The lowest BCUT2D eigenvalue weighted by Gasteiger charge is -2.29. The Morgan fingerprint density at radius 3 is 2.10 bits per heavy atom. The summed E-state index contributed by atoms with van der Waals surface area (Å²) in [7, 11) is -3.40. The van der Waals surface area contributed by atoms with Crippen LogP contribution in [0.3, 0.4) is 0 Å². The van der Waals surface area contributed by atoms with Crippen LogP contribution in [0.5, 0.6) is 0 Å². The molecule has 0 atom stereocenters. The first kappa shape index (κ1) is 19.9. The van der Waals surface area contributed by atoms with Gasteiger partial charge in [0.05, 0.1) is 4.90 Å². The fourth-order valence-electron chi connectivity index (χ4n) is 4.18. The van der Waals surface area contributed by atoms with E-state index in [1.54, 1.807) is 24.3 Å². The molecular formula is C24H28N2O2S. The van der Waals surface area contributed by atoms with Crippen molar-refractivity contribution in [3.05, 3.63) is 72.8 Å². The van der Waals surface area contributed by atoms with Crippen molar-refractivity contribution in [1.29, 1.82) is 0 Å². The Bertz CT molecular complexity index is 1040. The maximum Gasteiger partial charge on any atom is 0.240 e. The Morgan fingerprint density at radius 1 is 0.724 bits per heavy atom. The molecule has 3 aromatic rings. The van der Waals surface area contributed by atoms with E-state index in [-0.39, 0.29) is 0 Å². The van der Waals surface area contributed by atoms with Gasteiger partial charge in [-0.05, 0) is 61.1 Å². The summed E-state index contributed by atoms with van der Waals surface area (Å²) in [5.41, 5.74) is 1.20. The molecule has 29 heavy (non-hydrogen) atoms. The van der Waals surface area contributed by atoms with Crippen LogP contribution in [-0.2, 0) is 10.0 Å². The third-order valence-corrected chi connectivity index (χ3v) is 7.39. The summed E-state index contributed by atoms with van der Waals surface area (Å²) in [6.07, 6.45) is 4.41. The first-order valence-electron chi connectivity index (χ1n) is 10.4. The Kier molecular flexibility index (Phi) is 6.16. The number of anilines is 1. The summed E-state index contributed by atoms with van der Waals surface area (Å²) in [5, 5.41) is 6.16. The Balaban J connectivity index is 1.25. The number of sulfonamides is 1. The van der Waals surface area contributed by atoms with Crippen molar-refractivity contribution in [3.63, 3.8) is 0 Å². The zero-order valence-electron chi connectivity index (χ0n) is 16.6. The van der Waals surface area contributed by atoms with Gasteiger partial charge in [-0.1, -0.05) is 54.6 Å². The molecule has 0 unspecified atom stereocenters. The smallest absolute Gasteiger partial charge is 0.240 e. The highest BCUT2D eigenvalue weighted by molar-refractivity contribution is 7.89. The van der Waals surface area contributed by atoms with Crippen molar-refractivity contribution in [1.82, 2.24) is 4.72 Å². The van der Waals surface area contributed by atoms with E-state index in [1.807, 2.05) is 6.07 Å². The van der Waals surface area contributed by atoms with E-state index in [0.29, 0.717) is 23.3 Å². The highest BCUT2D eigenvalue weighted by atomic mass is 32.2. The summed E-state index contributed by atoms with van der Waals surface area (Å²) in [6, 6.07) is 23.4. The average molecular weight is 409 g/mol. The van der Waals surface area contributed by atoms with E-state index in [1.165, 1.54) is 16.5 Å². The quantitative estimate of drug-likeness (QED) is 0.576. The second kappa shape index (κ2) is 8.97. The molecule has 0 saturated heterocycles. The molecule has 4 nitrogen and oxygen atoms in total. The van der Waals surface area contributed by atoms with Gasteiger partial charge in [-0.3, -0.25) is 0 Å². The van der Waals surface area contributed by atoms with Gasteiger partial charge in [0.1, 0.15) is 0 Å². The van der Waals surface area contributed by atoms with Gasteiger partial charge >= 0.3 is 0 Å². The Morgan fingerprint density at radius 2 is 1.34 bits per heavy atom. The lowest BCUT2D eigenvalue weighted by Crippen LogP contribution is -2.32. The van der Waals surface area contributed by atoms with E-state index in [2.05, 4.69) is 52.5 Å². The molecule has 0 aromatic heterocycles. The molecule has 1 saturated carbocycles. The molecule has 1 aliphatic carbocycles. The number of nitrogens with one attached hydrogen (secondary N) is 2. The van der Waals surface area contributed by atoms with Crippen LogP contribution in [0.25, 0.3) is 10.8 Å². The minimum Gasteiger partial charge on any atom is -0.384 e. The summed E-state index contributed by atoms with van der Waals surface area (Å²) >= 11 is 0. The molecule has 3 aromatic carbocycles. The van der Waals surface area contributed by atoms with E-state index < -0.39 is 10.0 Å². The van der Waals surface area contributed by atoms with Gasteiger partial charge in [0.15, 0.2) is 0 Å². The van der Waals surface area contributed by atoms with E-state index >= 15 is 0 Å². The SMILES string of the molecule is O=S(=O)(NCC1CCC(CNc2cccc3ccccc23)CC1)c1ccccc1. The van der Waals surface area contributed by atoms with Crippen molar-refractivity contribution >= 4 is 26.5 Å². The minimum atomic E-state index is -3.40. The first-order chi connectivity index (χ1) is 14.1. The fraction of sp³-hybridized carbons (Fsp3) is 0.333. The molecule has 4 rings (SSSR count). The molecule has 0 amide bonds. The maximum absolute atomic E-state index is 12.4. The average Bonchev–Trinajstić information content (AvgIpc) is 2.77. The van der Waals surface area contributed by atoms with Crippen LogP contribution in [-0.4, -0.2) is 21.5 Å². The van der Waals surface area contributed by atoms with Gasteiger partial charge < -0.3 is 5.32 Å². The summed E-state index contributed by atoms with van der Waals surface area (Å²) in [5.74, 6) is 1.05.